The summed E-state index contributed by atoms with van der Waals surface area (Å²) < 4.78 is 5.34. The van der Waals surface area contributed by atoms with Crippen molar-refractivity contribution >= 4 is 23.3 Å². The molecule has 1 saturated heterocycles. The molecule has 7 nitrogen and oxygen atoms in total. The van der Waals surface area contributed by atoms with Crippen molar-refractivity contribution in [2.24, 2.45) is 5.92 Å². The van der Waals surface area contributed by atoms with E-state index >= 15 is 0 Å². The van der Waals surface area contributed by atoms with Crippen LogP contribution in [0.15, 0.2) is 18.3 Å². The molecule has 0 unspecified atom stereocenters. The normalized spacial score (nSPS) is 18.4. The molecule has 26 heavy (non-hydrogen) atoms. The highest BCUT2D eigenvalue weighted by molar-refractivity contribution is 5.93. The Morgan fingerprint density at radius 2 is 1.88 bits per heavy atom. The number of pyridine rings is 1. The van der Waals surface area contributed by atoms with E-state index in [1.54, 1.807) is 12.3 Å². The molecule has 2 fully saturated rings. The van der Waals surface area contributed by atoms with Gasteiger partial charge < -0.3 is 20.3 Å². The second kappa shape index (κ2) is 9.52. The first kappa shape index (κ1) is 18.6. The number of aromatic nitrogens is 1. The number of nitrogens with zero attached hydrogens (tertiary/aromatic N) is 2. The lowest BCUT2D eigenvalue weighted by Crippen LogP contribution is -2.36. The van der Waals surface area contributed by atoms with Crippen molar-refractivity contribution in [3.8, 4) is 0 Å². The first-order valence-electron chi connectivity index (χ1n) is 9.56. The number of anilines is 2. The van der Waals surface area contributed by atoms with Crippen LogP contribution in [0.25, 0.3) is 0 Å². The standard InChI is InChI=1S/C19H28N4O3/c24-18(12-15-4-2-1-3-5-15)21-14-19(25)22-17-7-6-16(13-20-17)23-8-10-26-11-9-23/h6-7,13,15H,1-5,8-12,14H2,(H,21,24)(H,20,22,25). The monoisotopic (exact) mass is 360 g/mol. The minimum Gasteiger partial charge on any atom is -0.378 e. The van der Waals surface area contributed by atoms with E-state index in [0.717, 1.165) is 44.8 Å². The third-order valence-corrected chi connectivity index (χ3v) is 5.04. The summed E-state index contributed by atoms with van der Waals surface area (Å²) in [4.78, 5) is 30.5. The van der Waals surface area contributed by atoms with Gasteiger partial charge in [0.15, 0.2) is 0 Å². The number of amides is 2. The van der Waals surface area contributed by atoms with E-state index in [0.29, 0.717) is 18.2 Å². The Morgan fingerprint density at radius 3 is 2.58 bits per heavy atom. The third kappa shape index (κ3) is 5.69. The maximum Gasteiger partial charge on any atom is 0.244 e. The number of hydrogen-bond donors (Lipinski definition) is 2. The average Bonchev–Trinajstić information content (AvgIpc) is 2.68. The zero-order valence-electron chi connectivity index (χ0n) is 15.2. The van der Waals surface area contributed by atoms with E-state index in [1.807, 2.05) is 6.07 Å². The summed E-state index contributed by atoms with van der Waals surface area (Å²) in [5, 5.41) is 5.44. The maximum absolute atomic E-state index is 12.0. The van der Waals surface area contributed by atoms with Crippen LogP contribution in [0, 0.1) is 5.92 Å². The molecule has 2 heterocycles. The molecule has 1 aromatic heterocycles. The van der Waals surface area contributed by atoms with Gasteiger partial charge in [0.25, 0.3) is 0 Å². The maximum atomic E-state index is 12.0. The Hall–Kier alpha value is -2.15. The highest BCUT2D eigenvalue weighted by Crippen LogP contribution is 2.26. The number of ether oxygens (including phenoxy) is 1. The molecule has 1 aliphatic heterocycles. The van der Waals surface area contributed by atoms with Gasteiger partial charge in [0.2, 0.25) is 11.8 Å². The second-order valence-corrected chi connectivity index (χ2v) is 7.03. The summed E-state index contributed by atoms with van der Waals surface area (Å²) in [6.45, 7) is 3.12. The fraction of sp³-hybridized carbons (Fsp3) is 0.632. The molecule has 0 spiro atoms. The van der Waals surface area contributed by atoms with E-state index in [2.05, 4.69) is 20.5 Å². The van der Waals surface area contributed by atoms with E-state index in [-0.39, 0.29) is 18.4 Å². The predicted molar refractivity (Wildman–Crippen MR) is 100 cm³/mol. The largest absolute Gasteiger partial charge is 0.378 e. The molecule has 0 aromatic carbocycles. The van der Waals surface area contributed by atoms with Crippen molar-refractivity contribution in [1.82, 2.24) is 10.3 Å². The van der Waals surface area contributed by atoms with Crippen LogP contribution in [-0.2, 0) is 14.3 Å². The summed E-state index contributed by atoms with van der Waals surface area (Å²) in [5.41, 5.74) is 1.02. The molecule has 0 radical (unpaired) electrons. The molecule has 1 aliphatic carbocycles. The molecular formula is C19H28N4O3. The molecule has 2 N–H and O–H groups in total. The predicted octanol–water partition coefficient (Wildman–Crippen LogP) is 1.94. The summed E-state index contributed by atoms with van der Waals surface area (Å²) in [7, 11) is 0. The minimum absolute atomic E-state index is 0.0154. The highest BCUT2D eigenvalue weighted by atomic mass is 16.5. The first-order valence-corrected chi connectivity index (χ1v) is 9.56. The lowest BCUT2D eigenvalue weighted by molar-refractivity contribution is -0.125. The van der Waals surface area contributed by atoms with Crippen LogP contribution in [0.4, 0.5) is 11.5 Å². The summed E-state index contributed by atoms with van der Waals surface area (Å²) >= 11 is 0. The highest BCUT2D eigenvalue weighted by Gasteiger charge is 2.17. The lowest BCUT2D eigenvalue weighted by Gasteiger charge is -2.28. The molecule has 0 bridgehead atoms. The Bertz CT molecular complexity index is 593. The summed E-state index contributed by atoms with van der Waals surface area (Å²) in [6.07, 6.45) is 8.23. The Kier molecular flexibility index (Phi) is 6.82. The summed E-state index contributed by atoms with van der Waals surface area (Å²) in [5.74, 6) is 0.672. The molecule has 1 saturated carbocycles. The first-order chi connectivity index (χ1) is 12.7. The van der Waals surface area contributed by atoms with E-state index < -0.39 is 0 Å². The Labute approximate surface area is 154 Å². The molecule has 2 aliphatic rings. The third-order valence-electron chi connectivity index (χ3n) is 5.04. The van der Waals surface area contributed by atoms with E-state index in [4.69, 9.17) is 4.74 Å². The van der Waals surface area contributed by atoms with Crippen LogP contribution in [0.5, 0.6) is 0 Å². The Balaban J connectivity index is 1.39. The van der Waals surface area contributed by atoms with Gasteiger partial charge in [-0.05, 0) is 30.9 Å². The molecule has 1 aromatic rings. The molecule has 7 heteroatoms. The van der Waals surface area contributed by atoms with Crippen LogP contribution in [0.2, 0.25) is 0 Å². The van der Waals surface area contributed by atoms with Gasteiger partial charge in [-0.3, -0.25) is 9.59 Å². The lowest BCUT2D eigenvalue weighted by atomic mass is 9.87. The topological polar surface area (TPSA) is 83.6 Å². The Morgan fingerprint density at radius 1 is 1.12 bits per heavy atom. The molecule has 3 rings (SSSR count). The van der Waals surface area contributed by atoms with Gasteiger partial charge in [-0.2, -0.15) is 0 Å². The average molecular weight is 360 g/mol. The SMILES string of the molecule is O=C(CC1CCCCC1)NCC(=O)Nc1ccc(N2CCOCC2)cn1. The van der Waals surface area contributed by atoms with Gasteiger partial charge in [0.1, 0.15) is 5.82 Å². The van der Waals surface area contributed by atoms with Crippen LogP contribution >= 0.6 is 0 Å². The van der Waals surface area contributed by atoms with Gasteiger partial charge >= 0.3 is 0 Å². The quantitative estimate of drug-likeness (QED) is 0.810. The fourth-order valence-corrected chi connectivity index (χ4v) is 3.56. The fourth-order valence-electron chi connectivity index (χ4n) is 3.56. The number of carbonyl (C=O) groups excluding carboxylic acids is 2. The molecule has 0 atom stereocenters. The number of nitrogens with one attached hydrogen (secondary N) is 2. The van der Waals surface area contributed by atoms with E-state index in [9.17, 15) is 9.59 Å². The van der Waals surface area contributed by atoms with Crippen molar-refractivity contribution in [3.63, 3.8) is 0 Å². The number of carbonyl (C=O) groups is 2. The van der Waals surface area contributed by atoms with Crippen molar-refractivity contribution in [2.75, 3.05) is 43.1 Å². The second-order valence-electron chi connectivity index (χ2n) is 7.03. The van der Waals surface area contributed by atoms with Gasteiger partial charge in [-0.1, -0.05) is 19.3 Å². The number of hydrogen-bond acceptors (Lipinski definition) is 5. The van der Waals surface area contributed by atoms with Gasteiger partial charge in [-0.25, -0.2) is 4.98 Å². The van der Waals surface area contributed by atoms with Crippen molar-refractivity contribution in [2.45, 2.75) is 38.5 Å². The van der Waals surface area contributed by atoms with E-state index in [1.165, 1.54) is 19.3 Å². The van der Waals surface area contributed by atoms with Crippen LogP contribution in [-0.4, -0.2) is 49.6 Å². The zero-order chi connectivity index (χ0) is 18.2. The molecule has 2 amide bonds. The smallest absolute Gasteiger partial charge is 0.244 e. The van der Waals surface area contributed by atoms with Crippen molar-refractivity contribution < 1.29 is 14.3 Å². The van der Waals surface area contributed by atoms with Gasteiger partial charge in [0, 0.05) is 19.5 Å². The van der Waals surface area contributed by atoms with Gasteiger partial charge in [-0.15, -0.1) is 0 Å². The number of rotatable bonds is 6. The minimum atomic E-state index is -0.256. The van der Waals surface area contributed by atoms with Crippen LogP contribution < -0.4 is 15.5 Å². The summed E-state index contributed by atoms with van der Waals surface area (Å²) in [6, 6.07) is 3.72. The van der Waals surface area contributed by atoms with Crippen LogP contribution in [0.1, 0.15) is 38.5 Å². The number of morpholine rings is 1. The van der Waals surface area contributed by atoms with Gasteiger partial charge in [0.05, 0.1) is 31.6 Å². The molecular weight excluding hydrogens is 332 g/mol. The van der Waals surface area contributed by atoms with Crippen LogP contribution in [0.3, 0.4) is 0 Å². The molecule has 142 valence electrons. The van der Waals surface area contributed by atoms with Crippen molar-refractivity contribution in [1.29, 1.82) is 0 Å². The zero-order valence-corrected chi connectivity index (χ0v) is 15.2. The van der Waals surface area contributed by atoms with Crippen molar-refractivity contribution in [3.05, 3.63) is 18.3 Å².